The van der Waals surface area contributed by atoms with Crippen molar-refractivity contribution >= 4 is 21.9 Å². The Kier molecular flexibility index (Phi) is 6.77. The van der Waals surface area contributed by atoms with Gasteiger partial charge >= 0.3 is 5.97 Å². The van der Waals surface area contributed by atoms with Gasteiger partial charge in [0, 0.05) is 27.2 Å². The van der Waals surface area contributed by atoms with Crippen LogP contribution in [0.15, 0.2) is 23.1 Å². The van der Waals surface area contributed by atoms with E-state index < -0.39 is 16.0 Å². The van der Waals surface area contributed by atoms with Crippen LogP contribution < -0.4 is 0 Å². The molecule has 26 heavy (non-hydrogen) atoms. The number of amides is 1. The second kappa shape index (κ2) is 8.64. The Morgan fingerprint density at radius 1 is 1.12 bits per heavy atom. The van der Waals surface area contributed by atoms with Gasteiger partial charge in [0.05, 0.1) is 10.5 Å². The first-order valence-electron chi connectivity index (χ1n) is 8.71. The lowest BCUT2D eigenvalue weighted by Gasteiger charge is -2.20. The van der Waals surface area contributed by atoms with Crippen molar-refractivity contribution in [3.05, 3.63) is 29.3 Å². The molecule has 0 saturated carbocycles. The predicted octanol–water partition coefficient (Wildman–Crippen LogP) is 1.80. The lowest BCUT2D eigenvalue weighted by Crippen LogP contribution is -2.35. The molecule has 0 aromatic heterocycles. The van der Waals surface area contributed by atoms with Gasteiger partial charge in [0.1, 0.15) is 0 Å². The molecule has 0 bridgehead atoms. The fourth-order valence-corrected chi connectivity index (χ4v) is 3.74. The first kappa shape index (κ1) is 20.4. The topological polar surface area (TPSA) is 84.0 Å². The van der Waals surface area contributed by atoms with E-state index in [9.17, 15) is 18.0 Å². The van der Waals surface area contributed by atoms with Crippen LogP contribution in [0.2, 0.25) is 0 Å². The third-order valence-electron chi connectivity index (χ3n) is 4.49. The molecule has 1 amide bonds. The molecule has 1 aliphatic rings. The average Bonchev–Trinajstić information content (AvgIpc) is 2.88. The number of hydrogen-bond donors (Lipinski definition) is 0. The van der Waals surface area contributed by atoms with Gasteiger partial charge in [-0.3, -0.25) is 4.79 Å². The van der Waals surface area contributed by atoms with E-state index in [4.69, 9.17) is 4.74 Å². The molecule has 0 spiro atoms. The molecule has 1 fully saturated rings. The molecular formula is C18H26N2O5S. The minimum Gasteiger partial charge on any atom is -0.452 e. The van der Waals surface area contributed by atoms with Crippen LogP contribution in [0, 0.1) is 6.92 Å². The van der Waals surface area contributed by atoms with Gasteiger partial charge in [0.15, 0.2) is 6.61 Å². The summed E-state index contributed by atoms with van der Waals surface area (Å²) in [5.74, 6) is -0.906. The van der Waals surface area contributed by atoms with Gasteiger partial charge in [-0.1, -0.05) is 18.9 Å². The molecule has 1 aromatic rings. The maximum absolute atomic E-state index is 12.4. The molecule has 2 rings (SSSR count). The quantitative estimate of drug-likeness (QED) is 0.725. The number of ether oxygens (including phenoxy) is 1. The SMILES string of the molecule is Cc1ccc(S(=O)(=O)N(C)C)cc1C(=O)OCC(=O)N1CCCCCC1. The van der Waals surface area contributed by atoms with Crippen molar-refractivity contribution in [2.24, 2.45) is 0 Å². The average molecular weight is 382 g/mol. The monoisotopic (exact) mass is 382 g/mol. The molecule has 0 N–H and O–H groups in total. The minimum absolute atomic E-state index is 0.0129. The molecule has 0 radical (unpaired) electrons. The van der Waals surface area contributed by atoms with E-state index in [1.54, 1.807) is 17.9 Å². The summed E-state index contributed by atoms with van der Waals surface area (Å²) in [6, 6.07) is 4.30. The molecule has 1 heterocycles. The smallest absolute Gasteiger partial charge is 0.338 e. The number of rotatable bonds is 5. The number of aryl methyl sites for hydroxylation is 1. The Balaban J connectivity index is 2.08. The summed E-state index contributed by atoms with van der Waals surface area (Å²) in [5.41, 5.74) is 0.742. The van der Waals surface area contributed by atoms with Crippen molar-refractivity contribution in [1.82, 2.24) is 9.21 Å². The van der Waals surface area contributed by atoms with Gasteiger partial charge in [-0.15, -0.1) is 0 Å². The van der Waals surface area contributed by atoms with E-state index in [1.807, 2.05) is 0 Å². The van der Waals surface area contributed by atoms with Crippen molar-refractivity contribution in [2.75, 3.05) is 33.8 Å². The molecule has 0 atom stereocenters. The third kappa shape index (κ3) is 4.82. The Labute approximate surface area is 155 Å². The van der Waals surface area contributed by atoms with E-state index in [0.717, 1.165) is 30.0 Å². The van der Waals surface area contributed by atoms with Gasteiger partial charge in [-0.2, -0.15) is 0 Å². The highest BCUT2D eigenvalue weighted by molar-refractivity contribution is 7.89. The summed E-state index contributed by atoms with van der Waals surface area (Å²) >= 11 is 0. The van der Waals surface area contributed by atoms with Crippen LogP contribution in [0.25, 0.3) is 0 Å². The fraction of sp³-hybridized carbons (Fsp3) is 0.556. The fourth-order valence-electron chi connectivity index (χ4n) is 2.81. The summed E-state index contributed by atoms with van der Waals surface area (Å²) in [7, 11) is -0.804. The highest BCUT2D eigenvalue weighted by Crippen LogP contribution is 2.19. The van der Waals surface area contributed by atoms with Crippen molar-refractivity contribution in [3.8, 4) is 0 Å². The summed E-state index contributed by atoms with van der Waals surface area (Å²) in [6.45, 7) is 2.74. The number of esters is 1. The predicted molar refractivity (Wildman–Crippen MR) is 97.4 cm³/mol. The van der Waals surface area contributed by atoms with Crippen molar-refractivity contribution in [3.63, 3.8) is 0 Å². The zero-order valence-electron chi connectivity index (χ0n) is 15.5. The Hall–Kier alpha value is -1.93. The maximum atomic E-state index is 12.4. The molecule has 0 aliphatic carbocycles. The first-order valence-corrected chi connectivity index (χ1v) is 10.2. The largest absolute Gasteiger partial charge is 0.452 e. The van der Waals surface area contributed by atoms with Crippen LogP contribution in [0.3, 0.4) is 0 Å². The van der Waals surface area contributed by atoms with Crippen molar-refractivity contribution in [2.45, 2.75) is 37.5 Å². The highest BCUT2D eigenvalue weighted by atomic mass is 32.2. The summed E-state index contributed by atoms with van der Waals surface area (Å²) in [4.78, 5) is 26.3. The van der Waals surface area contributed by atoms with Gasteiger partial charge < -0.3 is 9.64 Å². The number of sulfonamides is 1. The Bertz CT molecular complexity index is 766. The van der Waals surface area contributed by atoms with E-state index in [-0.39, 0.29) is 23.0 Å². The van der Waals surface area contributed by atoms with E-state index >= 15 is 0 Å². The van der Waals surface area contributed by atoms with Crippen molar-refractivity contribution in [1.29, 1.82) is 0 Å². The zero-order valence-corrected chi connectivity index (χ0v) is 16.3. The van der Waals surface area contributed by atoms with Gasteiger partial charge in [-0.25, -0.2) is 17.5 Å². The van der Waals surface area contributed by atoms with Crippen LogP contribution >= 0.6 is 0 Å². The second-order valence-corrected chi connectivity index (χ2v) is 8.79. The summed E-state index contributed by atoms with van der Waals surface area (Å²) in [6.07, 6.45) is 4.14. The van der Waals surface area contributed by atoms with Crippen molar-refractivity contribution < 1.29 is 22.7 Å². The summed E-state index contributed by atoms with van der Waals surface area (Å²) in [5, 5.41) is 0. The lowest BCUT2D eigenvalue weighted by atomic mass is 10.1. The first-order chi connectivity index (χ1) is 12.2. The van der Waals surface area contributed by atoms with E-state index in [1.165, 1.54) is 26.2 Å². The Morgan fingerprint density at radius 2 is 1.73 bits per heavy atom. The van der Waals surface area contributed by atoms with Crippen LogP contribution in [-0.4, -0.2) is 63.3 Å². The molecule has 1 aliphatic heterocycles. The molecule has 0 unspecified atom stereocenters. The number of nitrogens with zero attached hydrogens (tertiary/aromatic N) is 2. The number of carbonyl (C=O) groups excluding carboxylic acids is 2. The van der Waals surface area contributed by atoms with E-state index in [2.05, 4.69) is 0 Å². The standard InChI is InChI=1S/C18H26N2O5S/c1-14-8-9-15(26(23,24)19(2)3)12-16(14)18(22)25-13-17(21)20-10-6-4-5-7-11-20/h8-9,12H,4-7,10-11,13H2,1-3H3. The summed E-state index contributed by atoms with van der Waals surface area (Å²) < 4.78 is 30.7. The molecule has 7 nitrogen and oxygen atoms in total. The van der Waals surface area contributed by atoms with E-state index in [0.29, 0.717) is 18.7 Å². The van der Waals surface area contributed by atoms with Crippen LogP contribution in [0.5, 0.6) is 0 Å². The van der Waals surface area contributed by atoms with Gasteiger partial charge in [-0.05, 0) is 37.5 Å². The highest BCUT2D eigenvalue weighted by Gasteiger charge is 2.22. The normalized spacial score (nSPS) is 15.6. The van der Waals surface area contributed by atoms with Gasteiger partial charge in [0.25, 0.3) is 5.91 Å². The molecule has 1 saturated heterocycles. The minimum atomic E-state index is -3.65. The molecule has 8 heteroatoms. The molecule has 1 aromatic carbocycles. The zero-order chi connectivity index (χ0) is 19.3. The lowest BCUT2D eigenvalue weighted by molar-refractivity contribution is -0.134. The number of carbonyl (C=O) groups is 2. The van der Waals surface area contributed by atoms with Crippen LogP contribution in [-0.2, 0) is 19.6 Å². The van der Waals surface area contributed by atoms with Crippen LogP contribution in [0.4, 0.5) is 0 Å². The molecular weight excluding hydrogens is 356 g/mol. The number of benzene rings is 1. The number of likely N-dealkylation sites (tertiary alicyclic amines) is 1. The molecule has 144 valence electrons. The number of hydrogen-bond acceptors (Lipinski definition) is 5. The third-order valence-corrected chi connectivity index (χ3v) is 6.30. The maximum Gasteiger partial charge on any atom is 0.338 e. The Morgan fingerprint density at radius 3 is 2.31 bits per heavy atom. The van der Waals surface area contributed by atoms with Gasteiger partial charge in [0.2, 0.25) is 10.0 Å². The van der Waals surface area contributed by atoms with Crippen LogP contribution in [0.1, 0.15) is 41.6 Å². The second-order valence-electron chi connectivity index (χ2n) is 6.64.